The third kappa shape index (κ3) is 2.70. The molecule has 104 valence electrons. The van der Waals surface area contributed by atoms with Crippen LogP contribution in [0, 0.1) is 0 Å². The molecule has 0 aliphatic heterocycles. The second-order valence-corrected chi connectivity index (χ2v) is 6.33. The van der Waals surface area contributed by atoms with E-state index >= 15 is 0 Å². The van der Waals surface area contributed by atoms with Crippen molar-refractivity contribution in [1.29, 1.82) is 0 Å². The first-order chi connectivity index (χ1) is 9.78. The molecule has 1 N–H and O–H groups in total. The first kappa shape index (κ1) is 13.5. The molecule has 0 fully saturated rings. The van der Waals surface area contributed by atoms with Gasteiger partial charge in [-0.05, 0) is 18.7 Å². The summed E-state index contributed by atoms with van der Waals surface area (Å²) in [6, 6.07) is 4.25. The van der Waals surface area contributed by atoms with E-state index in [1.807, 2.05) is 29.2 Å². The first-order valence-corrected chi connectivity index (χ1v) is 7.72. The first-order valence-electron chi connectivity index (χ1n) is 6.52. The lowest BCUT2D eigenvalue weighted by Crippen LogP contribution is -2.22. The number of likely N-dealkylation sites (N-methyl/N-ethyl adjacent to an activating group) is 1. The molecule has 0 spiro atoms. The Labute approximate surface area is 126 Å². The Morgan fingerprint density at radius 3 is 3.05 bits per heavy atom. The van der Waals surface area contributed by atoms with E-state index in [-0.39, 0.29) is 6.04 Å². The van der Waals surface area contributed by atoms with Crippen molar-refractivity contribution in [1.82, 2.24) is 19.9 Å². The Kier molecular flexibility index (Phi) is 4.00. The molecule has 3 aromatic rings. The predicted molar refractivity (Wildman–Crippen MR) is 82.4 cm³/mol. The number of fused-ring (bicyclic) bond motifs is 1. The highest BCUT2D eigenvalue weighted by molar-refractivity contribution is 7.16. The van der Waals surface area contributed by atoms with E-state index in [0.29, 0.717) is 0 Å². The van der Waals surface area contributed by atoms with Gasteiger partial charge in [-0.1, -0.05) is 18.5 Å². The molecule has 3 rings (SSSR count). The van der Waals surface area contributed by atoms with Gasteiger partial charge in [-0.3, -0.25) is 4.98 Å². The number of nitrogens with one attached hydrogen (secondary N) is 1. The molecule has 0 saturated heterocycles. The minimum Gasteiger partial charge on any atom is -0.310 e. The van der Waals surface area contributed by atoms with Gasteiger partial charge < -0.3 is 5.32 Å². The number of hydrogen-bond donors (Lipinski definition) is 1. The van der Waals surface area contributed by atoms with Crippen molar-refractivity contribution in [2.45, 2.75) is 19.4 Å². The van der Waals surface area contributed by atoms with Gasteiger partial charge in [0.1, 0.15) is 0 Å². The van der Waals surface area contributed by atoms with E-state index in [2.05, 4.69) is 28.4 Å². The predicted octanol–water partition coefficient (Wildman–Crippen LogP) is 3.34. The number of hydrogen-bond acceptors (Lipinski definition) is 4. The monoisotopic (exact) mass is 306 g/mol. The van der Waals surface area contributed by atoms with Crippen molar-refractivity contribution in [3.05, 3.63) is 51.7 Å². The Hall–Kier alpha value is -1.43. The Bertz CT molecular complexity index is 706. The molecule has 20 heavy (non-hydrogen) atoms. The minimum absolute atomic E-state index is 0.219. The molecular formula is C14H15ClN4S. The fourth-order valence-electron chi connectivity index (χ4n) is 2.32. The maximum atomic E-state index is 6.01. The highest BCUT2D eigenvalue weighted by atomic mass is 35.5. The van der Waals surface area contributed by atoms with Gasteiger partial charge in [0.05, 0.1) is 22.2 Å². The molecule has 1 atom stereocenters. The zero-order chi connectivity index (χ0) is 13.9. The lowest BCUT2D eigenvalue weighted by Gasteiger charge is -2.16. The van der Waals surface area contributed by atoms with Crippen LogP contribution in [0.2, 0.25) is 4.34 Å². The molecule has 0 radical (unpaired) electrons. The van der Waals surface area contributed by atoms with E-state index in [1.54, 1.807) is 17.5 Å². The molecule has 0 amide bonds. The van der Waals surface area contributed by atoms with Crippen molar-refractivity contribution < 1.29 is 0 Å². The summed E-state index contributed by atoms with van der Waals surface area (Å²) in [4.78, 5) is 5.46. The quantitative estimate of drug-likeness (QED) is 0.786. The van der Waals surface area contributed by atoms with Crippen molar-refractivity contribution in [3.63, 3.8) is 0 Å². The summed E-state index contributed by atoms with van der Waals surface area (Å²) in [5, 5.41) is 7.90. The summed E-state index contributed by atoms with van der Waals surface area (Å²) >= 11 is 7.64. The lowest BCUT2D eigenvalue weighted by atomic mass is 10.0. The van der Waals surface area contributed by atoms with Crippen LogP contribution in [0.25, 0.3) is 5.52 Å². The average Bonchev–Trinajstić information content (AvgIpc) is 3.04. The number of thiophene rings is 1. The molecule has 3 aromatic heterocycles. The van der Waals surface area contributed by atoms with Crippen LogP contribution in [-0.4, -0.2) is 21.1 Å². The van der Waals surface area contributed by atoms with Crippen LogP contribution >= 0.6 is 22.9 Å². The van der Waals surface area contributed by atoms with Gasteiger partial charge in [0, 0.05) is 35.3 Å². The standard InChI is InChI=1S/C14H15ClN4S/c1-2-17-12(7-10-3-4-14(15)20-10)11-8-18-19-6-5-16-9-13(11)19/h3-6,8-9,12,17H,2,7H2,1H3. The molecular weight excluding hydrogens is 292 g/mol. The van der Waals surface area contributed by atoms with Crippen molar-refractivity contribution >= 4 is 28.5 Å². The van der Waals surface area contributed by atoms with E-state index < -0.39 is 0 Å². The summed E-state index contributed by atoms with van der Waals surface area (Å²) in [5.74, 6) is 0. The van der Waals surface area contributed by atoms with Crippen LogP contribution in [0.5, 0.6) is 0 Å². The van der Waals surface area contributed by atoms with Gasteiger partial charge in [-0.25, -0.2) is 4.52 Å². The van der Waals surface area contributed by atoms with Gasteiger partial charge in [-0.2, -0.15) is 5.10 Å². The maximum Gasteiger partial charge on any atom is 0.0931 e. The summed E-state index contributed by atoms with van der Waals surface area (Å²) in [5.41, 5.74) is 2.21. The largest absolute Gasteiger partial charge is 0.310 e. The van der Waals surface area contributed by atoms with Crippen molar-refractivity contribution in [2.24, 2.45) is 0 Å². The van der Waals surface area contributed by atoms with Gasteiger partial charge >= 0.3 is 0 Å². The third-order valence-corrected chi connectivity index (χ3v) is 4.47. The topological polar surface area (TPSA) is 42.2 Å². The van der Waals surface area contributed by atoms with Crippen LogP contribution in [0.1, 0.15) is 23.4 Å². The second-order valence-electron chi connectivity index (χ2n) is 4.53. The zero-order valence-corrected chi connectivity index (χ0v) is 12.7. The Morgan fingerprint density at radius 1 is 1.40 bits per heavy atom. The van der Waals surface area contributed by atoms with Gasteiger partial charge in [-0.15, -0.1) is 11.3 Å². The SMILES string of the molecule is CCNC(Cc1ccc(Cl)s1)c1cnn2ccncc12. The van der Waals surface area contributed by atoms with E-state index in [1.165, 1.54) is 10.4 Å². The maximum absolute atomic E-state index is 6.01. The van der Waals surface area contributed by atoms with Crippen LogP contribution in [0.4, 0.5) is 0 Å². The molecule has 0 saturated carbocycles. The van der Waals surface area contributed by atoms with Crippen LogP contribution in [0.3, 0.4) is 0 Å². The highest BCUT2D eigenvalue weighted by Crippen LogP contribution is 2.28. The normalized spacial score (nSPS) is 12.9. The highest BCUT2D eigenvalue weighted by Gasteiger charge is 2.17. The smallest absolute Gasteiger partial charge is 0.0931 e. The van der Waals surface area contributed by atoms with Crippen molar-refractivity contribution in [3.8, 4) is 0 Å². The minimum atomic E-state index is 0.219. The second kappa shape index (κ2) is 5.91. The van der Waals surface area contributed by atoms with E-state index in [9.17, 15) is 0 Å². The van der Waals surface area contributed by atoms with Gasteiger partial charge in [0.15, 0.2) is 0 Å². The lowest BCUT2D eigenvalue weighted by molar-refractivity contribution is 0.556. The fourth-order valence-corrected chi connectivity index (χ4v) is 3.46. The Balaban J connectivity index is 1.93. The number of aromatic nitrogens is 3. The Morgan fingerprint density at radius 2 is 2.30 bits per heavy atom. The van der Waals surface area contributed by atoms with Crippen LogP contribution in [0.15, 0.2) is 36.9 Å². The molecule has 6 heteroatoms. The average molecular weight is 307 g/mol. The van der Waals surface area contributed by atoms with E-state index in [0.717, 1.165) is 22.8 Å². The van der Waals surface area contributed by atoms with E-state index in [4.69, 9.17) is 11.6 Å². The van der Waals surface area contributed by atoms with Crippen molar-refractivity contribution in [2.75, 3.05) is 6.54 Å². The van der Waals surface area contributed by atoms with Crippen LogP contribution in [-0.2, 0) is 6.42 Å². The zero-order valence-electron chi connectivity index (χ0n) is 11.1. The molecule has 0 aromatic carbocycles. The molecule has 0 aliphatic carbocycles. The summed E-state index contributed by atoms with van der Waals surface area (Å²) in [6.07, 6.45) is 8.28. The summed E-state index contributed by atoms with van der Waals surface area (Å²) in [7, 11) is 0. The molecule has 4 nitrogen and oxygen atoms in total. The van der Waals surface area contributed by atoms with Gasteiger partial charge in [0.25, 0.3) is 0 Å². The number of halogens is 1. The molecule has 3 heterocycles. The number of nitrogens with zero attached hydrogens (tertiary/aromatic N) is 3. The van der Waals surface area contributed by atoms with Gasteiger partial charge in [0.2, 0.25) is 0 Å². The fraction of sp³-hybridized carbons (Fsp3) is 0.286. The molecule has 0 aliphatic rings. The third-order valence-electron chi connectivity index (χ3n) is 3.21. The summed E-state index contributed by atoms with van der Waals surface area (Å²) in [6.45, 7) is 3.01. The van der Waals surface area contributed by atoms with Crippen LogP contribution < -0.4 is 5.32 Å². The summed E-state index contributed by atoms with van der Waals surface area (Å²) < 4.78 is 2.69. The molecule has 1 unspecified atom stereocenters. The molecule has 0 bridgehead atoms. The number of rotatable bonds is 5.